The molecule has 0 saturated carbocycles. The number of nitrogens with zero attached hydrogens (tertiary/aromatic N) is 5. The van der Waals surface area contributed by atoms with E-state index in [1.807, 2.05) is 20.0 Å². The minimum Gasteiger partial charge on any atom is -0.361 e. The number of piperidine rings is 1. The third kappa shape index (κ3) is 4.25. The number of aromatic nitrogens is 3. The van der Waals surface area contributed by atoms with Crippen LogP contribution in [-0.2, 0) is 13.6 Å². The monoisotopic (exact) mass is 365 g/mol. The first-order chi connectivity index (χ1) is 12.0. The lowest BCUT2D eigenvalue weighted by molar-refractivity contribution is 0.125. The molecule has 6 nitrogen and oxygen atoms in total. The SMILES string of the molecule is Cc1cc(-c2nn(C)c(Cl)c2CN2CCCCC2CCN(C)C)no1. The molecule has 0 aromatic carbocycles. The van der Waals surface area contributed by atoms with Crippen LogP contribution in [0, 0.1) is 6.92 Å². The average Bonchev–Trinajstić information content (AvgIpc) is 3.12. The Morgan fingerprint density at radius 2 is 2.16 bits per heavy atom. The van der Waals surface area contributed by atoms with E-state index in [9.17, 15) is 0 Å². The van der Waals surface area contributed by atoms with Gasteiger partial charge in [-0.1, -0.05) is 23.2 Å². The van der Waals surface area contributed by atoms with Crippen molar-refractivity contribution < 1.29 is 4.52 Å². The summed E-state index contributed by atoms with van der Waals surface area (Å²) < 4.78 is 6.97. The number of hydrogen-bond acceptors (Lipinski definition) is 5. The van der Waals surface area contributed by atoms with Crippen molar-refractivity contribution in [2.75, 3.05) is 27.2 Å². The molecule has 0 radical (unpaired) electrons. The van der Waals surface area contributed by atoms with Crippen LogP contribution in [0.1, 0.15) is 37.0 Å². The zero-order chi connectivity index (χ0) is 18.0. The van der Waals surface area contributed by atoms with Crippen LogP contribution in [0.4, 0.5) is 0 Å². The summed E-state index contributed by atoms with van der Waals surface area (Å²) in [5.74, 6) is 0.782. The molecule has 1 fully saturated rings. The van der Waals surface area contributed by atoms with Crippen molar-refractivity contribution in [2.24, 2.45) is 7.05 Å². The number of likely N-dealkylation sites (tertiary alicyclic amines) is 1. The fourth-order valence-corrected chi connectivity index (χ4v) is 3.76. The Labute approximate surface area is 154 Å². The fraction of sp³-hybridized carbons (Fsp3) is 0.667. The maximum Gasteiger partial charge on any atom is 0.134 e. The van der Waals surface area contributed by atoms with E-state index < -0.39 is 0 Å². The van der Waals surface area contributed by atoms with Crippen LogP contribution >= 0.6 is 11.6 Å². The van der Waals surface area contributed by atoms with Crippen LogP contribution in [0.2, 0.25) is 5.15 Å². The van der Waals surface area contributed by atoms with E-state index in [1.165, 1.54) is 25.7 Å². The van der Waals surface area contributed by atoms with Gasteiger partial charge in [0.1, 0.15) is 22.3 Å². The Balaban J connectivity index is 1.83. The van der Waals surface area contributed by atoms with Crippen molar-refractivity contribution in [1.82, 2.24) is 24.7 Å². The van der Waals surface area contributed by atoms with E-state index >= 15 is 0 Å². The summed E-state index contributed by atoms with van der Waals surface area (Å²) in [6, 6.07) is 2.52. The summed E-state index contributed by atoms with van der Waals surface area (Å²) in [7, 11) is 6.15. The van der Waals surface area contributed by atoms with Crippen molar-refractivity contribution in [1.29, 1.82) is 0 Å². The summed E-state index contributed by atoms with van der Waals surface area (Å²) in [6.45, 7) is 4.92. The highest BCUT2D eigenvalue weighted by Gasteiger charge is 2.27. The molecule has 25 heavy (non-hydrogen) atoms. The molecule has 1 saturated heterocycles. The van der Waals surface area contributed by atoms with Gasteiger partial charge in [-0.25, -0.2) is 0 Å². The molecule has 0 aliphatic carbocycles. The van der Waals surface area contributed by atoms with Crippen LogP contribution in [0.25, 0.3) is 11.4 Å². The first kappa shape index (κ1) is 18.4. The lowest BCUT2D eigenvalue weighted by Gasteiger charge is -2.36. The maximum absolute atomic E-state index is 6.57. The van der Waals surface area contributed by atoms with Crippen LogP contribution in [0.15, 0.2) is 10.6 Å². The molecule has 7 heteroatoms. The molecule has 1 unspecified atom stereocenters. The smallest absolute Gasteiger partial charge is 0.134 e. The van der Waals surface area contributed by atoms with Crippen molar-refractivity contribution >= 4 is 11.6 Å². The predicted octanol–water partition coefficient (Wildman–Crippen LogP) is 3.34. The Bertz CT molecular complexity index is 708. The summed E-state index contributed by atoms with van der Waals surface area (Å²) in [4.78, 5) is 4.82. The highest BCUT2D eigenvalue weighted by Crippen LogP contribution is 2.31. The minimum absolute atomic E-state index is 0.597. The average molecular weight is 366 g/mol. The molecule has 1 aliphatic heterocycles. The zero-order valence-corrected chi connectivity index (χ0v) is 16.4. The van der Waals surface area contributed by atoms with E-state index in [-0.39, 0.29) is 0 Å². The van der Waals surface area contributed by atoms with Crippen molar-refractivity contribution in [2.45, 2.75) is 45.2 Å². The lowest BCUT2D eigenvalue weighted by Crippen LogP contribution is -2.40. The molecule has 2 aromatic heterocycles. The second kappa shape index (κ2) is 7.89. The number of aryl methyl sites for hydroxylation is 2. The van der Waals surface area contributed by atoms with Crippen LogP contribution < -0.4 is 0 Å². The van der Waals surface area contributed by atoms with Gasteiger partial charge in [-0.2, -0.15) is 5.10 Å². The Kier molecular flexibility index (Phi) is 5.81. The third-order valence-corrected chi connectivity index (χ3v) is 5.43. The first-order valence-corrected chi connectivity index (χ1v) is 9.37. The molecule has 0 N–H and O–H groups in total. The molecule has 0 spiro atoms. The summed E-state index contributed by atoms with van der Waals surface area (Å²) >= 11 is 6.57. The molecule has 3 heterocycles. The van der Waals surface area contributed by atoms with E-state index in [0.29, 0.717) is 11.2 Å². The highest BCUT2D eigenvalue weighted by molar-refractivity contribution is 6.30. The predicted molar refractivity (Wildman–Crippen MR) is 99.7 cm³/mol. The van der Waals surface area contributed by atoms with E-state index in [1.54, 1.807) is 4.68 Å². The van der Waals surface area contributed by atoms with Gasteiger partial charge < -0.3 is 9.42 Å². The second-order valence-electron chi connectivity index (χ2n) is 7.28. The van der Waals surface area contributed by atoms with Crippen LogP contribution in [0.5, 0.6) is 0 Å². The Hall–Kier alpha value is -1.37. The van der Waals surface area contributed by atoms with Gasteiger partial charge in [-0.15, -0.1) is 0 Å². The maximum atomic E-state index is 6.57. The van der Waals surface area contributed by atoms with E-state index in [2.05, 4.69) is 34.2 Å². The van der Waals surface area contributed by atoms with Crippen LogP contribution in [-0.4, -0.2) is 58.0 Å². The standard InChI is InChI=1S/C18H28ClN5O/c1-13-11-16(21-25-13)17-15(18(19)23(4)20-17)12-24-9-6-5-7-14(24)8-10-22(2)3/h11,14H,5-10,12H2,1-4H3. The van der Waals surface area contributed by atoms with Gasteiger partial charge in [0.05, 0.1) is 0 Å². The lowest BCUT2D eigenvalue weighted by atomic mass is 9.98. The van der Waals surface area contributed by atoms with Crippen molar-refractivity contribution in [3.63, 3.8) is 0 Å². The van der Waals surface area contributed by atoms with E-state index in [4.69, 9.17) is 16.1 Å². The zero-order valence-electron chi connectivity index (χ0n) is 15.6. The van der Waals surface area contributed by atoms with Gasteiger partial charge in [0.25, 0.3) is 0 Å². The number of halogens is 1. The topological polar surface area (TPSA) is 50.3 Å². The summed E-state index contributed by atoms with van der Waals surface area (Å²) in [6.07, 6.45) is 4.99. The van der Waals surface area contributed by atoms with Crippen molar-refractivity contribution in [3.05, 3.63) is 22.5 Å². The number of hydrogen-bond donors (Lipinski definition) is 0. The largest absolute Gasteiger partial charge is 0.361 e. The molecule has 3 rings (SSSR count). The Morgan fingerprint density at radius 3 is 2.84 bits per heavy atom. The van der Waals surface area contributed by atoms with Crippen molar-refractivity contribution in [3.8, 4) is 11.4 Å². The van der Waals surface area contributed by atoms with Gasteiger partial charge in [0.15, 0.2) is 0 Å². The molecule has 138 valence electrons. The first-order valence-electron chi connectivity index (χ1n) is 8.99. The molecule has 0 bridgehead atoms. The fourth-order valence-electron chi connectivity index (χ4n) is 3.58. The van der Waals surface area contributed by atoms with Gasteiger partial charge in [-0.3, -0.25) is 9.58 Å². The molecular formula is C18H28ClN5O. The van der Waals surface area contributed by atoms with Gasteiger partial charge in [0.2, 0.25) is 0 Å². The van der Waals surface area contributed by atoms with E-state index in [0.717, 1.165) is 42.3 Å². The third-order valence-electron chi connectivity index (χ3n) is 4.96. The quantitative estimate of drug-likeness (QED) is 0.785. The molecule has 1 aliphatic rings. The summed E-state index contributed by atoms with van der Waals surface area (Å²) in [5.41, 5.74) is 2.65. The molecular weight excluding hydrogens is 338 g/mol. The molecule has 1 atom stereocenters. The van der Waals surface area contributed by atoms with Gasteiger partial charge in [0, 0.05) is 31.3 Å². The molecule has 0 amide bonds. The molecule has 2 aromatic rings. The highest BCUT2D eigenvalue weighted by atomic mass is 35.5. The van der Waals surface area contributed by atoms with Gasteiger partial charge >= 0.3 is 0 Å². The summed E-state index contributed by atoms with van der Waals surface area (Å²) in [5, 5.41) is 9.41. The van der Waals surface area contributed by atoms with Gasteiger partial charge in [-0.05, 0) is 53.4 Å². The number of rotatable bonds is 6. The van der Waals surface area contributed by atoms with Crippen LogP contribution in [0.3, 0.4) is 0 Å². The Morgan fingerprint density at radius 1 is 1.36 bits per heavy atom. The normalized spacial score (nSPS) is 19.0. The minimum atomic E-state index is 0.597. The second-order valence-corrected chi connectivity index (χ2v) is 7.63.